The number of aromatic amines is 1. The van der Waals surface area contributed by atoms with Gasteiger partial charge in [-0.1, -0.05) is 19.3 Å². The molecule has 1 aromatic rings. The Hall–Kier alpha value is -1.85. The summed E-state index contributed by atoms with van der Waals surface area (Å²) in [4.78, 5) is 26.3. The molecule has 6 heteroatoms. The molecule has 2 atom stereocenters. The molecule has 0 bridgehead atoms. The van der Waals surface area contributed by atoms with Crippen molar-refractivity contribution in [2.45, 2.75) is 50.9 Å². The van der Waals surface area contributed by atoms with E-state index in [1.54, 1.807) is 11.1 Å². The van der Waals surface area contributed by atoms with Gasteiger partial charge < -0.3 is 10.0 Å². The van der Waals surface area contributed by atoms with Crippen LogP contribution >= 0.6 is 0 Å². The molecule has 130 valence electrons. The number of carboxylic acid groups (broad SMARTS) is 1. The number of likely N-dealkylation sites (tertiary alicyclic amines) is 1. The molecule has 2 heterocycles. The molecule has 1 amide bonds. The van der Waals surface area contributed by atoms with Crippen molar-refractivity contribution in [1.29, 1.82) is 0 Å². The zero-order chi connectivity index (χ0) is 16.7. The number of aromatic nitrogens is 2. The van der Waals surface area contributed by atoms with Crippen molar-refractivity contribution in [3.63, 3.8) is 0 Å². The van der Waals surface area contributed by atoms with Crippen molar-refractivity contribution in [2.75, 3.05) is 13.1 Å². The lowest BCUT2D eigenvalue weighted by molar-refractivity contribution is -0.142. The second-order valence-electron chi connectivity index (χ2n) is 7.69. The maximum Gasteiger partial charge on any atom is 0.308 e. The van der Waals surface area contributed by atoms with Crippen LogP contribution in [-0.2, 0) is 4.79 Å². The molecule has 1 aromatic heterocycles. The summed E-state index contributed by atoms with van der Waals surface area (Å²) in [6.45, 7) is 0.917. The first-order valence-corrected chi connectivity index (χ1v) is 9.20. The minimum Gasteiger partial charge on any atom is -0.481 e. The molecule has 0 radical (unpaired) electrons. The third kappa shape index (κ3) is 2.82. The Kier molecular flexibility index (Phi) is 4.06. The Labute approximate surface area is 141 Å². The molecular weight excluding hydrogens is 306 g/mol. The van der Waals surface area contributed by atoms with Crippen LogP contribution in [0.5, 0.6) is 0 Å². The average Bonchev–Trinajstić information content (AvgIpc) is 3.15. The Morgan fingerprint density at radius 3 is 2.54 bits per heavy atom. The molecule has 3 fully saturated rings. The Bertz CT molecular complexity index is 631. The summed E-state index contributed by atoms with van der Waals surface area (Å²) < 4.78 is 0. The first-order valence-electron chi connectivity index (χ1n) is 9.20. The number of carboxylic acids is 1. The van der Waals surface area contributed by atoms with E-state index in [4.69, 9.17) is 0 Å². The third-order valence-electron chi connectivity index (χ3n) is 6.11. The van der Waals surface area contributed by atoms with Crippen LogP contribution in [0, 0.1) is 17.8 Å². The van der Waals surface area contributed by atoms with Gasteiger partial charge in [-0.3, -0.25) is 14.7 Å². The molecule has 0 spiro atoms. The summed E-state index contributed by atoms with van der Waals surface area (Å²) in [7, 11) is 0. The summed E-state index contributed by atoms with van der Waals surface area (Å²) in [6, 6.07) is 0. The van der Waals surface area contributed by atoms with E-state index in [1.165, 1.54) is 19.3 Å². The van der Waals surface area contributed by atoms with Gasteiger partial charge in [0.2, 0.25) is 0 Å². The molecule has 1 aliphatic heterocycles. The van der Waals surface area contributed by atoms with Gasteiger partial charge >= 0.3 is 5.97 Å². The SMILES string of the molecule is O=C(O)[C@@H]1CN(C(=O)c2cn[nH]c2C2CCCCC2)C[C@H]1C1CC1. The minimum absolute atomic E-state index is 0.0428. The largest absolute Gasteiger partial charge is 0.481 e. The van der Waals surface area contributed by atoms with Gasteiger partial charge in [-0.25, -0.2) is 0 Å². The van der Waals surface area contributed by atoms with Gasteiger partial charge in [0.25, 0.3) is 5.91 Å². The topological polar surface area (TPSA) is 86.3 Å². The number of nitrogens with zero attached hydrogens (tertiary/aromatic N) is 2. The zero-order valence-electron chi connectivity index (χ0n) is 13.9. The number of rotatable bonds is 4. The average molecular weight is 331 g/mol. The van der Waals surface area contributed by atoms with Gasteiger partial charge in [0, 0.05) is 19.0 Å². The monoisotopic (exact) mass is 331 g/mol. The first-order chi connectivity index (χ1) is 11.6. The van der Waals surface area contributed by atoms with Gasteiger partial charge in [0.15, 0.2) is 0 Å². The van der Waals surface area contributed by atoms with Gasteiger partial charge in [-0.05, 0) is 37.5 Å². The zero-order valence-corrected chi connectivity index (χ0v) is 13.9. The Morgan fingerprint density at radius 2 is 1.88 bits per heavy atom. The summed E-state index contributed by atoms with van der Waals surface area (Å²) in [6.07, 6.45) is 9.72. The Morgan fingerprint density at radius 1 is 1.12 bits per heavy atom. The molecular formula is C18H25N3O3. The number of carbonyl (C=O) groups excluding carboxylic acids is 1. The lowest BCUT2D eigenvalue weighted by Crippen LogP contribution is -2.30. The smallest absolute Gasteiger partial charge is 0.308 e. The van der Waals surface area contributed by atoms with Crippen LogP contribution < -0.4 is 0 Å². The first kappa shape index (κ1) is 15.7. The van der Waals surface area contributed by atoms with E-state index in [-0.39, 0.29) is 11.8 Å². The lowest BCUT2D eigenvalue weighted by Gasteiger charge is -2.23. The molecule has 6 nitrogen and oxygen atoms in total. The second kappa shape index (κ2) is 6.22. The van der Waals surface area contributed by atoms with Crippen molar-refractivity contribution in [1.82, 2.24) is 15.1 Å². The number of aliphatic carboxylic acids is 1. The molecule has 3 aliphatic rings. The molecule has 0 unspecified atom stereocenters. The number of H-pyrrole nitrogens is 1. The molecule has 0 aromatic carbocycles. The summed E-state index contributed by atoms with van der Waals surface area (Å²) in [5, 5.41) is 16.7. The number of hydrogen-bond donors (Lipinski definition) is 2. The predicted octanol–water partition coefficient (Wildman–Crippen LogP) is 2.64. The van der Waals surface area contributed by atoms with Gasteiger partial charge in [-0.2, -0.15) is 5.10 Å². The summed E-state index contributed by atoms with van der Waals surface area (Å²) in [5.74, 6) is -0.216. The Balaban J connectivity index is 1.52. The quantitative estimate of drug-likeness (QED) is 0.888. The molecule has 1 saturated heterocycles. The fourth-order valence-electron chi connectivity index (χ4n) is 4.60. The van der Waals surface area contributed by atoms with Crippen LogP contribution in [0.3, 0.4) is 0 Å². The van der Waals surface area contributed by atoms with Crippen LogP contribution in [0.2, 0.25) is 0 Å². The molecule has 2 N–H and O–H groups in total. The summed E-state index contributed by atoms with van der Waals surface area (Å²) in [5.41, 5.74) is 1.61. The van der Waals surface area contributed by atoms with E-state index in [0.29, 0.717) is 30.5 Å². The molecule has 2 saturated carbocycles. The second-order valence-corrected chi connectivity index (χ2v) is 7.69. The lowest BCUT2D eigenvalue weighted by atomic mass is 9.85. The minimum atomic E-state index is -0.762. The van der Waals surface area contributed by atoms with E-state index >= 15 is 0 Å². The van der Waals surface area contributed by atoms with Crippen molar-refractivity contribution in [3.8, 4) is 0 Å². The molecule has 4 rings (SSSR count). The van der Waals surface area contributed by atoms with Gasteiger partial charge in [-0.15, -0.1) is 0 Å². The highest BCUT2D eigenvalue weighted by atomic mass is 16.4. The van der Waals surface area contributed by atoms with Crippen molar-refractivity contribution < 1.29 is 14.7 Å². The molecule has 24 heavy (non-hydrogen) atoms. The van der Waals surface area contributed by atoms with Crippen LogP contribution in [0.4, 0.5) is 0 Å². The highest BCUT2D eigenvalue weighted by Gasteiger charge is 2.47. The predicted molar refractivity (Wildman–Crippen MR) is 87.7 cm³/mol. The fourth-order valence-corrected chi connectivity index (χ4v) is 4.60. The normalized spacial score (nSPS) is 28.2. The number of nitrogens with one attached hydrogen (secondary N) is 1. The van der Waals surface area contributed by atoms with Crippen molar-refractivity contribution in [3.05, 3.63) is 17.5 Å². The van der Waals surface area contributed by atoms with E-state index in [0.717, 1.165) is 31.4 Å². The maximum absolute atomic E-state index is 13.0. The highest BCUT2D eigenvalue weighted by molar-refractivity contribution is 5.96. The van der Waals surface area contributed by atoms with E-state index < -0.39 is 11.9 Å². The van der Waals surface area contributed by atoms with Gasteiger partial charge in [0.05, 0.1) is 23.4 Å². The third-order valence-corrected chi connectivity index (χ3v) is 6.11. The number of hydrogen-bond acceptors (Lipinski definition) is 3. The summed E-state index contributed by atoms with van der Waals surface area (Å²) >= 11 is 0. The van der Waals surface area contributed by atoms with Crippen molar-refractivity contribution in [2.24, 2.45) is 17.8 Å². The van der Waals surface area contributed by atoms with Crippen LogP contribution in [0.25, 0.3) is 0 Å². The number of carbonyl (C=O) groups is 2. The fraction of sp³-hybridized carbons (Fsp3) is 0.722. The van der Waals surface area contributed by atoms with E-state index in [9.17, 15) is 14.7 Å². The van der Waals surface area contributed by atoms with Crippen LogP contribution in [0.1, 0.15) is 66.9 Å². The van der Waals surface area contributed by atoms with Crippen LogP contribution in [0.15, 0.2) is 6.20 Å². The standard InChI is InChI=1S/C18H25N3O3/c22-17(13-8-19-20-16(13)12-4-2-1-3-5-12)21-9-14(11-6-7-11)15(10-21)18(23)24/h8,11-12,14-15H,1-7,9-10H2,(H,19,20)(H,23,24)/t14-,15+/m0/s1. The van der Waals surface area contributed by atoms with E-state index in [1.807, 2.05) is 0 Å². The highest BCUT2D eigenvalue weighted by Crippen LogP contribution is 2.44. The van der Waals surface area contributed by atoms with E-state index in [2.05, 4.69) is 10.2 Å². The maximum atomic E-state index is 13.0. The van der Waals surface area contributed by atoms with Gasteiger partial charge in [0.1, 0.15) is 0 Å². The van der Waals surface area contributed by atoms with Crippen LogP contribution in [-0.4, -0.2) is 45.2 Å². The molecule has 2 aliphatic carbocycles. The van der Waals surface area contributed by atoms with Crippen molar-refractivity contribution >= 4 is 11.9 Å². The number of amides is 1.